The van der Waals surface area contributed by atoms with Gasteiger partial charge in [0, 0.05) is 6.54 Å². The number of nitrogens with one attached hydrogen (secondary N) is 1. The van der Waals surface area contributed by atoms with Crippen LogP contribution in [0.2, 0.25) is 0 Å². The van der Waals surface area contributed by atoms with Crippen molar-refractivity contribution in [2.75, 3.05) is 13.2 Å². The van der Waals surface area contributed by atoms with Gasteiger partial charge in [-0.25, -0.2) is 9.59 Å². The summed E-state index contributed by atoms with van der Waals surface area (Å²) in [6, 6.07) is 0. The van der Waals surface area contributed by atoms with Gasteiger partial charge in [0.05, 0.1) is 6.10 Å². The highest BCUT2D eigenvalue weighted by Crippen LogP contribution is 2.06. The molecule has 94 valence electrons. The van der Waals surface area contributed by atoms with Gasteiger partial charge in [0.2, 0.25) is 0 Å². The largest absolute Gasteiger partial charge is 0.480 e. The number of carbonyl (C=O) groups is 2. The fraction of sp³-hybridized carbons (Fsp3) is 0.800. The molecule has 0 spiro atoms. The second-order valence-electron chi connectivity index (χ2n) is 4.40. The lowest BCUT2D eigenvalue weighted by molar-refractivity contribution is -0.143. The standard InChI is InChI=1S/C10H19NO5/c1-7(15-6-8(12)13)5-11-9(14)16-10(2,3)4/h7H,5-6H2,1-4H3,(H,11,14)(H,12,13). The van der Waals surface area contributed by atoms with Gasteiger partial charge in [0.15, 0.2) is 0 Å². The maximum atomic E-state index is 11.2. The zero-order chi connectivity index (χ0) is 12.8. The van der Waals surface area contributed by atoms with Crippen molar-refractivity contribution in [3.05, 3.63) is 0 Å². The second kappa shape index (κ2) is 6.32. The molecule has 0 aliphatic carbocycles. The predicted molar refractivity (Wildman–Crippen MR) is 57.3 cm³/mol. The topological polar surface area (TPSA) is 84.9 Å². The summed E-state index contributed by atoms with van der Waals surface area (Å²) in [6.45, 7) is 6.78. The van der Waals surface area contributed by atoms with Crippen molar-refractivity contribution < 1.29 is 24.2 Å². The molecule has 0 heterocycles. The van der Waals surface area contributed by atoms with Crippen LogP contribution in [-0.4, -0.2) is 42.0 Å². The van der Waals surface area contributed by atoms with E-state index in [1.807, 2.05) is 0 Å². The highest BCUT2D eigenvalue weighted by molar-refractivity contribution is 5.68. The first-order chi connectivity index (χ1) is 7.20. The van der Waals surface area contributed by atoms with E-state index in [2.05, 4.69) is 5.32 Å². The lowest BCUT2D eigenvalue weighted by Gasteiger charge is -2.20. The molecule has 0 aliphatic rings. The lowest BCUT2D eigenvalue weighted by atomic mass is 10.2. The molecule has 6 heteroatoms. The average molecular weight is 233 g/mol. The fourth-order valence-corrected chi connectivity index (χ4v) is 0.814. The Morgan fingerprint density at radius 1 is 1.38 bits per heavy atom. The van der Waals surface area contributed by atoms with Gasteiger partial charge < -0.3 is 19.9 Å². The Kier molecular flexibility index (Phi) is 5.81. The number of amides is 1. The van der Waals surface area contributed by atoms with Crippen LogP contribution in [0.25, 0.3) is 0 Å². The molecule has 0 rings (SSSR count). The Morgan fingerprint density at radius 2 is 1.94 bits per heavy atom. The van der Waals surface area contributed by atoms with Crippen LogP contribution in [0.15, 0.2) is 0 Å². The van der Waals surface area contributed by atoms with Crippen LogP contribution >= 0.6 is 0 Å². The van der Waals surface area contributed by atoms with Gasteiger partial charge in [-0.05, 0) is 27.7 Å². The summed E-state index contributed by atoms with van der Waals surface area (Å²) in [5.41, 5.74) is -0.546. The van der Waals surface area contributed by atoms with Gasteiger partial charge in [0.25, 0.3) is 0 Å². The quantitative estimate of drug-likeness (QED) is 0.740. The molecule has 0 radical (unpaired) electrons. The third-order valence-corrected chi connectivity index (χ3v) is 1.42. The number of aliphatic carboxylic acids is 1. The van der Waals surface area contributed by atoms with E-state index >= 15 is 0 Å². The fourth-order valence-electron chi connectivity index (χ4n) is 0.814. The van der Waals surface area contributed by atoms with E-state index in [1.54, 1.807) is 27.7 Å². The van der Waals surface area contributed by atoms with E-state index in [9.17, 15) is 9.59 Å². The highest BCUT2D eigenvalue weighted by atomic mass is 16.6. The minimum Gasteiger partial charge on any atom is -0.480 e. The first-order valence-electron chi connectivity index (χ1n) is 5.01. The van der Waals surface area contributed by atoms with Crippen LogP contribution in [0, 0.1) is 0 Å². The Balaban J connectivity index is 3.71. The zero-order valence-electron chi connectivity index (χ0n) is 10.1. The van der Waals surface area contributed by atoms with Crippen molar-refractivity contribution in [3.63, 3.8) is 0 Å². The summed E-state index contributed by atoms with van der Waals surface area (Å²) in [5, 5.41) is 10.8. The number of hydrogen-bond acceptors (Lipinski definition) is 4. The molecule has 0 bridgehead atoms. The van der Waals surface area contributed by atoms with Crippen LogP contribution in [-0.2, 0) is 14.3 Å². The summed E-state index contributed by atoms with van der Waals surface area (Å²) < 4.78 is 9.91. The lowest BCUT2D eigenvalue weighted by Crippen LogP contribution is -2.37. The van der Waals surface area contributed by atoms with Crippen LogP contribution in [0.5, 0.6) is 0 Å². The Bertz CT molecular complexity index is 246. The molecule has 0 aromatic carbocycles. The van der Waals surface area contributed by atoms with Crippen molar-refractivity contribution in [2.24, 2.45) is 0 Å². The van der Waals surface area contributed by atoms with Crippen LogP contribution in [0.1, 0.15) is 27.7 Å². The van der Waals surface area contributed by atoms with Crippen molar-refractivity contribution in [1.82, 2.24) is 5.32 Å². The summed E-state index contributed by atoms with van der Waals surface area (Å²) in [4.78, 5) is 21.4. The minimum absolute atomic E-state index is 0.211. The average Bonchev–Trinajstić information content (AvgIpc) is 2.08. The highest BCUT2D eigenvalue weighted by Gasteiger charge is 2.16. The molecule has 1 atom stereocenters. The van der Waals surface area contributed by atoms with Crippen molar-refractivity contribution in [3.8, 4) is 0 Å². The number of rotatable bonds is 5. The Morgan fingerprint density at radius 3 is 2.38 bits per heavy atom. The number of hydrogen-bond donors (Lipinski definition) is 2. The summed E-state index contributed by atoms with van der Waals surface area (Å²) in [5.74, 6) is -1.04. The zero-order valence-corrected chi connectivity index (χ0v) is 10.1. The number of ether oxygens (including phenoxy) is 2. The van der Waals surface area contributed by atoms with Crippen molar-refractivity contribution >= 4 is 12.1 Å². The van der Waals surface area contributed by atoms with Gasteiger partial charge >= 0.3 is 12.1 Å². The van der Waals surface area contributed by atoms with Crippen LogP contribution < -0.4 is 5.32 Å². The molecular formula is C10H19NO5. The van der Waals surface area contributed by atoms with Crippen LogP contribution in [0.3, 0.4) is 0 Å². The van der Waals surface area contributed by atoms with E-state index in [-0.39, 0.29) is 19.3 Å². The molecule has 1 amide bonds. The summed E-state index contributed by atoms with van der Waals surface area (Å²) in [6.07, 6.45) is -0.915. The predicted octanol–water partition coefficient (Wildman–Crippen LogP) is 1.00. The maximum Gasteiger partial charge on any atom is 0.407 e. The van der Waals surface area contributed by atoms with Crippen LogP contribution in [0.4, 0.5) is 4.79 Å². The molecule has 2 N–H and O–H groups in total. The number of carbonyl (C=O) groups excluding carboxylic acids is 1. The van der Waals surface area contributed by atoms with E-state index in [0.717, 1.165) is 0 Å². The molecule has 0 saturated heterocycles. The SMILES string of the molecule is CC(CNC(=O)OC(C)(C)C)OCC(=O)O. The molecule has 0 fully saturated rings. The van der Waals surface area contributed by atoms with Crippen molar-refractivity contribution in [2.45, 2.75) is 39.4 Å². The van der Waals surface area contributed by atoms with Gasteiger partial charge in [0.1, 0.15) is 12.2 Å². The first kappa shape index (κ1) is 14.7. The van der Waals surface area contributed by atoms with E-state index < -0.39 is 17.7 Å². The molecule has 0 aromatic rings. The summed E-state index contributed by atoms with van der Waals surface area (Å²) in [7, 11) is 0. The second-order valence-corrected chi connectivity index (χ2v) is 4.40. The third kappa shape index (κ3) is 9.26. The molecule has 0 aliphatic heterocycles. The van der Waals surface area contributed by atoms with Gasteiger partial charge in [-0.2, -0.15) is 0 Å². The van der Waals surface area contributed by atoms with Crippen molar-refractivity contribution in [1.29, 1.82) is 0 Å². The third-order valence-electron chi connectivity index (χ3n) is 1.42. The molecule has 1 unspecified atom stereocenters. The van der Waals surface area contributed by atoms with Gasteiger partial charge in [-0.3, -0.25) is 0 Å². The number of alkyl carbamates (subject to hydrolysis) is 1. The monoisotopic (exact) mass is 233 g/mol. The molecule has 6 nitrogen and oxygen atoms in total. The molecule has 0 aromatic heterocycles. The molecule has 0 saturated carbocycles. The molecular weight excluding hydrogens is 214 g/mol. The van der Waals surface area contributed by atoms with E-state index in [0.29, 0.717) is 0 Å². The Hall–Kier alpha value is -1.30. The Labute approximate surface area is 94.9 Å². The van der Waals surface area contributed by atoms with Gasteiger partial charge in [-0.1, -0.05) is 0 Å². The van der Waals surface area contributed by atoms with E-state index in [1.165, 1.54) is 0 Å². The molecule has 16 heavy (non-hydrogen) atoms. The number of carboxylic acids is 1. The normalized spacial score (nSPS) is 13.0. The van der Waals surface area contributed by atoms with E-state index in [4.69, 9.17) is 14.6 Å². The first-order valence-corrected chi connectivity index (χ1v) is 5.01. The van der Waals surface area contributed by atoms with Gasteiger partial charge in [-0.15, -0.1) is 0 Å². The smallest absolute Gasteiger partial charge is 0.407 e. The minimum atomic E-state index is -1.04. The number of carboxylic acid groups (broad SMARTS) is 1. The summed E-state index contributed by atoms with van der Waals surface area (Å²) >= 11 is 0. The maximum absolute atomic E-state index is 11.2.